The summed E-state index contributed by atoms with van der Waals surface area (Å²) in [4.78, 5) is 0. The maximum Gasteiger partial charge on any atom is 0.0477 e. The maximum atomic E-state index is 5.73. The summed E-state index contributed by atoms with van der Waals surface area (Å²) in [6, 6.07) is 5.90. The predicted octanol–water partition coefficient (Wildman–Crippen LogP) is 2.34. The normalized spacial score (nSPS) is 8.83. The molecule has 1 aromatic rings. The fourth-order valence-corrected chi connectivity index (χ4v) is 0.962. The van der Waals surface area contributed by atoms with Crippen LogP contribution in [0.1, 0.15) is 24.5 Å². The molecule has 0 aliphatic carbocycles. The number of anilines is 1. The number of rotatable bonds is 0. The highest BCUT2D eigenvalue weighted by atomic mass is 14.5. The molecule has 0 aliphatic heterocycles. The van der Waals surface area contributed by atoms with E-state index in [1.165, 1.54) is 5.56 Å². The van der Waals surface area contributed by atoms with E-state index < -0.39 is 0 Å². The van der Waals surface area contributed by atoms with Gasteiger partial charge in [0.15, 0.2) is 0 Å². The van der Waals surface area contributed by atoms with Crippen molar-refractivity contribution >= 4 is 5.69 Å². The molecule has 0 radical (unpaired) electrons. The van der Waals surface area contributed by atoms with Crippen molar-refractivity contribution in [2.75, 3.05) is 5.73 Å². The molecule has 1 aromatic carbocycles. The molecule has 1 rings (SSSR count). The van der Waals surface area contributed by atoms with E-state index >= 15 is 0 Å². The van der Waals surface area contributed by atoms with E-state index in [2.05, 4.69) is 11.8 Å². The van der Waals surface area contributed by atoms with Crippen molar-refractivity contribution in [3.8, 4) is 11.8 Å². The van der Waals surface area contributed by atoms with Crippen LogP contribution in [0.3, 0.4) is 0 Å². The Kier molecular flexibility index (Phi) is 2.76. The molecule has 0 saturated carbocycles. The van der Waals surface area contributed by atoms with Crippen LogP contribution in [0.4, 0.5) is 5.69 Å². The Hall–Kier alpha value is -1.42. The molecule has 0 amide bonds. The van der Waals surface area contributed by atoms with Crippen LogP contribution in [0.15, 0.2) is 18.2 Å². The maximum absolute atomic E-state index is 5.73. The van der Waals surface area contributed by atoms with Gasteiger partial charge in [-0.3, -0.25) is 0 Å². The van der Waals surface area contributed by atoms with Gasteiger partial charge in [-0.1, -0.05) is 24.8 Å². The molecule has 0 saturated heterocycles. The van der Waals surface area contributed by atoms with Gasteiger partial charge in [0.2, 0.25) is 0 Å². The van der Waals surface area contributed by atoms with Crippen molar-refractivity contribution in [2.24, 2.45) is 0 Å². The Morgan fingerprint density at radius 1 is 1.42 bits per heavy atom. The highest BCUT2D eigenvalue weighted by Crippen LogP contribution is 2.11. The Morgan fingerprint density at radius 2 is 2.17 bits per heavy atom. The number of hydrogen-bond acceptors (Lipinski definition) is 1. The van der Waals surface area contributed by atoms with Crippen LogP contribution < -0.4 is 5.73 Å². The number of nitrogen functional groups attached to an aromatic ring is 1. The topological polar surface area (TPSA) is 26.0 Å². The van der Waals surface area contributed by atoms with Crippen molar-refractivity contribution in [2.45, 2.75) is 20.3 Å². The summed E-state index contributed by atoms with van der Waals surface area (Å²) in [5, 5.41) is 0. The van der Waals surface area contributed by atoms with Crippen molar-refractivity contribution in [3.05, 3.63) is 29.3 Å². The SMILES string of the molecule is CCC#Cc1cc(C)ccc1N. The molecule has 0 spiro atoms. The molecule has 0 unspecified atom stereocenters. The van der Waals surface area contributed by atoms with Crippen LogP contribution in [0.5, 0.6) is 0 Å². The zero-order valence-corrected chi connectivity index (χ0v) is 7.52. The Bertz CT molecular complexity index is 329. The first-order chi connectivity index (χ1) is 5.74. The van der Waals surface area contributed by atoms with Crippen molar-refractivity contribution in [3.63, 3.8) is 0 Å². The summed E-state index contributed by atoms with van der Waals surface area (Å²) in [5.41, 5.74) is 8.63. The van der Waals surface area contributed by atoms with E-state index in [0.717, 1.165) is 17.7 Å². The summed E-state index contributed by atoms with van der Waals surface area (Å²) >= 11 is 0. The molecule has 0 heterocycles. The van der Waals surface area contributed by atoms with E-state index in [1.807, 2.05) is 32.0 Å². The van der Waals surface area contributed by atoms with Gasteiger partial charge < -0.3 is 5.73 Å². The minimum atomic E-state index is 0.765. The van der Waals surface area contributed by atoms with Crippen LogP contribution in [-0.2, 0) is 0 Å². The average molecular weight is 159 g/mol. The third-order valence-electron chi connectivity index (χ3n) is 1.61. The zero-order valence-electron chi connectivity index (χ0n) is 7.52. The van der Waals surface area contributed by atoms with E-state index in [9.17, 15) is 0 Å². The van der Waals surface area contributed by atoms with Gasteiger partial charge in [-0.05, 0) is 24.6 Å². The van der Waals surface area contributed by atoms with Crippen molar-refractivity contribution < 1.29 is 0 Å². The number of benzene rings is 1. The molecular formula is C11H13N. The molecule has 1 nitrogen and oxygen atoms in total. The minimum Gasteiger partial charge on any atom is -0.398 e. The Balaban J connectivity index is 3.05. The summed E-state index contributed by atoms with van der Waals surface area (Å²) < 4.78 is 0. The fourth-order valence-electron chi connectivity index (χ4n) is 0.962. The standard InChI is InChI=1S/C11H13N/c1-3-4-5-10-8-9(2)6-7-11(10)12/h6-8H,3,12H2,1-2H3. The lowest BCUT2D eigenvalue weighted by atomic mass is 10.1. The first kappa shape index (κ1) is 8.67. The second kappa shape index (κ2) is 3.82. The van der Waals surface area contributed by atoms with Gasteiger partial charge in [0.1, 0.15) is 0 Å². The van der Waals surface area contributed by atoms with Crippen LogP contribution >= 0.6 is 0 Å². The Labute approximate surface area is 73.6 Å². The highest BCUT2D eigenvalue weighted by molar-refractivity contribution is 5.56. The van der Waals surface area contributed by atoms with Gasteiger partial charge in [0, 0.05) is 17.7 Å². The van der Waals surface area contributed by atoms with Crippen LogP contribution in [-0.4, -0.2) is 0 Å². The summed E-state index contributed by atoms with van der Waals surface area (Å²) in [5.74, 6) is 6.03. The lowest BCUT2D eigenvalue weighted by Gasteiger charge is -1.98. The van der Waals surface area contributed by atoms with Crippen molar-refractivity contribution in [1.29, 1.82) is 0 Å². The van der Waals surface area contributed by atoms with Crippen LogP contribution in [0, 0.1) is 18.8 Å². The van der Waals surface area contributed by atoms with E-state index in [-0.39, 0.29) is 0 Å². The molecule has 0 aliphatic rings. The van der Waals surface area contributed by atoms with Gasteiger partial charge in [-0.15, -0.1) is 0 Å². The molecule has 1 heteroatoms. The van der Waals surface area contributed by atoms with Crippen LogP contribution in [0.2, 0.25) is 0 Å². The van der Waals surface area contributed by atoms with Gasteiger partial charge >= 0.3 is 0 Å². The van der Waals surface area contributed by atoms with Gasteiger partial charge in [0.05, 0.1) is 0 Å². The third-order valence-corrected chi connectivity index (χ3v) is 1.61. The minimum absolute atomic E-state index is 0.765. The lowest BCUT2D eigenvalue weighted by Crippen LogP contribution is -1.90. The summed E-state index contributed by atoms with van der Waals surface area (Å²) in [6.07, 6.45) is 0.868. The smallest absolute Gasteiger partial charge is 0.0477 e. The van der Waals surface area contributed by atoms with Gasteiger partial charge in [-0.25, -0.2) is 0 Å². The largest absolute Gasteiger partial charge is 0.398 e. The van der Waals surface area contributed by atoms with Gasteiger partial charge in [-0.2, -0.15) is 0 Å². The number of aryl methyl sites for hydroxylation is 1. The van der Waals surface area contributed by atoms with E-state index in [4.69, 9.17) is 5.73 Å². The monoisotopic (exact) mass is 159 g/mol. The first-order valence-electron chi connectivity index (χ1n) is 4.09. The predicted molar refractivity (Wildman–Crippen MR) is 52.8 cm³/mol. The quantitative estimate of drug-likeness (QED) is 0.456. The second-order valence-electron chi connectivity index (χ2n) is 2.75. The molecule has 0 fully saturated rings. The lowest BCUT2D eigenvalue weighted by molar-refractivity contribution is 1.28. The van der Waals surface area contributed by atoms with E-state index in [0.29, 0.717) is 0 Å². The Morgan fingerprint density at radius 3 is 2.83 bits per heavy atom. The summed E-state index contributed by atoms with van der Waals surface area (Å²) in [6.45, 7) is 4.07. The molecule has 0 bridgehead atoms. The number of hydrogen-bond donors (Lipinski definition) is 1. The molecule has 0 atom stereocenters. The van der Waals surface area contributed by atoms with Crippen molar-refractivity contribution in [1.82, 2.24) is 0 Å². The highest BCUT2D eigenvalue weighted by Gasteiger charge is 1.93. The fraction of sp³-hybridized carbons (Fsp3) is 0.273. The van der Waals surface area contributed by atoms with Gasteiger partial charge in [0.25, 0.3) is 0 Å². The van der Waals surface area contributed by atoms with Crippen LogP contribution in [0.25, 0.3) is 0 Å². The third kappa shape index (κ3) is 2.03. The molecule has 12 heavy (non-hydrogen) atoms. The zero-order chi connectivity index (χ0) is 8.97. The summed E-state index contributed by atoms with van der Waals surface area (Å²) in [7, 11) is 0. The first-order valence-corrected chi connectivity index (χ1v) is 4.09. The molecule has 0 aromatic heterocycles. The second-order valence-corrected chi connectivity index (χ2v) is 2.75. The number of nitrogens with two attached hydrogens (primary N) is 1. The molecule has 62 valence electrons. The molecule has 2 N–H and O–H groups in total. The average Bonchev–Trinajstić information content (AvgIpc) is 2.07. The van der Waals surface area contributed by atoms with E-state index in [1.54, 1.807) is 0 Å². The molecular weight excluding hydrogens is 146 g/mol.